The quantitative estimate of drug-likeness (QED) is 0.765. The molecule has 0 unspecified atom stereocenters. The number of aliphatic hydroxyl groups is 1. The molecule has 0 saturated carbocycles. The van der Waals surface area contributed by atoms with Gasteiger partial charge >= 0.3 is 0 Å². The Bertz CT molecular complexity index is 581. The van der Waals surface area contributed by atoms with Gasteiger partial charge in [0.05, 0.1) is 19.7 Å². The Morgan fingerprint density at radius 3 is 2.90 bits per heavy atom. The molecule has 2 rings (SSSR count). The molecule has 20 heavy (non-hydrogen) atoms. The van der Waals surface area contributed by atoms with Gasteiger partial charge in [-0.15, -0.1) is 11.3 Å². The van der Waals surface area contributed by atoms with E-state index in [0.717, 1.165) is 11.3 Å². The monoisotopic (exact) mass is 290 g/mol. The van der Waals surface area contributed by atoms with Crippen molar-refractivity contribution in [1.29, 1.82) is 0 Å². The highest BCUT2D eigenvalue weighted by molar-refractivity contribution is 7.10. The van der Waals surface area contributed by atoms with Crippen LogP contribution in [-0.4, -0.2) is 17.6 Å². The van der Waals surface area contributed by atoms with Gasteiger partial charge in [0, 0.05) is 10.6 Å². The Hall–Kier alpha value is -1.85. The third-order valence-electron chi connectivity index (χ3n) is 2.98. The van der Waals surface area contributed by atoms with E-state index in [4.69, 9.17) is 5.11 Å². The normalized spacial score (nSPS) is 10.3. The molecule has 0 bridgehead atoms. The summed E-state index contributed by atoms with van der Waals surface area (Å²) in [4.78, 5) is 12.9. The Morgan fingerprint density at radius 2 is 2.20 bits per heavy atom. The van der Waals surface area contributed by atoms with Crippen LogP contribution < -0.4 is 10.6 Å². The number of anilines is 1. The van der Waals surface area contributed by atoms with Crippen LogP contribution in [0.5, 0.6) is 0 Å². The van der Waals surface area contributed by atoms with Crippen LogP contribution in [0.15, 0.2) is 35.7 Å². The van der Waals surface area contributed by atoms with Crippen LogP contribution in [0.1, 0.15) is 16.0 Å². The zero-order valence-corrected chi connectivity index (χ0v) is 12.2. The molecule has 0 aliphatic rings. The summed E-state index contributed by atoms with van der Waals surface area (Å²) in [7, 11) is 0. The van der Waals surface area contributed by atoms with Crippen LogP contribution in [0.2, 0.25) is 0 Å². The summed E-state index contributed by atoms with van der Waals surface area (Å²) in [6.45, 7) is 2.83. The largest absolute Gasteiger partial charge is 0.392 e. The van der Waals surface area contributed by atoms with Gasteiger partial charge in [0.15, 0.2) is 0 Å². The van der Waals surface area contributed by atoms with Gasteiger partial charge in [-0.3, -0.25) is 4.79 Å². The summed E-state index contributed by atoms with van der Waals surface area (Å²) in [6.07, 6.45) is 0. The van der Waals surface area contributed by atoms with Gasteiger partial charge in [-0.05, 0) is 41.6 Å². The SMILES string of the molecule is Cc1ccsc1CNC(=O)CNc1cccc(CO)c1. The van der Waals surface area contributed by atoms with Crippen molar-refractivity contribution in [3.05, 3.63) is 51.7 Å². The summed E-state index contributed by atoms with van der Waals surface area (Å²) in [6, 6.07) is 9.43. The number of nitrogens with one attached hydrogen (secondary N) is 2. The minimum Gasteiger partial charge on any atom is -0.392 e. The van der Waals surface area contributed by atoms with E-state index in [9.17, 15) is 4.79 Å². The summed E-state index contributed by atoms with van der Waals surface area (Å²) < 4.78 is 0. The van der Waals surface area contributed by atoms with E-state index in [-0.39, 0.29) is 19.1 Å². The highest BCUT2D eigenvalue weighted by Crippen LogP contribution is 2.14. The van der Waals surface area contributed by atoms with Crippen LogP contribution >= 0.6 is 11.3 Å². The lowest BCUT2D eigenvalue weighted by Crippen LogP contribution is -2.29. The van der Waals surface area contributed by atoms with Gasteiger partial charge < -0.3 is 15.7 Å². The van der Waals surface area contributed by atoms with Crippen molar-refractivity contribution in [2.24, 2.45) is 0 Å². The second kappa shape index (κ2) is 7.07. The fraction of sp³-hybridized carbons (Fsp3) is 0.267. The minimum atomic E-state index is -0.0489. The molecule has 4 nitrogen and oxygen atoms in total. The average Bonchev–Trinajstić information content (AvgIpc) is 2.88. The van der Waals surface area contributed by atoms with Crippen molar-refractivity contribution in [3.63, 3.8) is 0 Å². The number of thiophene rings is 1. The van der Waals surface area contributed by atoms with Gasteiger partial charge in [-0.25, -0.2) is 0 Å². The van der Waals surface area contributed by atoms with Crippen LogP contribution in [0.25, 0.3) is 0 Å². The predicted molar refractivity (Wildman–Crippen MR) is 81.8 cm³/mol. The Labute approximate surface area is 122 Å². The molecule has 1 aromatic heterocycles. The number of carbonyl (C=O) groups is 1. The molecule has 2 aromatic rings. The van der Waals surface area contributed by atoms with Crippen molar-refractivity contribution in [1.82, 2.24) is 5.32 Å². The lowest BCUT2D eigenvalue weighted by atomic mass is 10.2. The number of aliphatic hydroxyl groups excluding tert-OH is 1. The smallest absolute Gasteiger partial charge is 0.239 e. The molecule has 0 aliphatic heterocycles. The number of carbonyl (C=O) groups excluding carboxylic acids is 1. The number of rotatable bonds is 6. The Morgan fingerprint density at radius 1 is 1.35 bits per heavy atom. The first-order valence-electron chi connectivity index (χ1n) is 6.42. The zero-order chi connectivity index (χ0) is 14.4. The number of amides is 1. The van der Waals surface area contributed by atoms with Gasteiger partial charge in [0.2, 0.25) is 5.91 Å². The molecule has 0 radical (unpaired) electrons. The fourth-order valence-corrected chi connectivity index (χ4v) is 2.63. The molecular formula is C15H18N2O2S. The van der Waals surface area contributed by atoms with Gasteiger partial charge in [-0.2, -0.15) is 0 Å². The molecule has 0 aliphatic carbocycles. The third kappa shape index (κ3) is 4.08. The minimum absolute atomic E-state index is 0.000624. The van der Waals surface area contributed by atoms with E-state index >= 15 is 0 Å². The van der Waals surface area contributed by atoms with Crippen molar-refractivity contribution >= 4 is 22.9 Å². The Balaban J connectivity index is 1.78. The van der Waals surface area contributed by atoms with Crippen molar-refractivity contribution < 1.29 is 9.90 Å². The molecule has 1 heterocycles. The standard InChI is InChI=1S/C15H18N2O2S/c1-11-5-6-20-14(11)8-17-15(19)9-16-13-4-2-3-12(7-13)10-18/h2-7,16,18H,8-10H2,1H3,(H,17,19). The first kappa shape index (κ1) is 14.6. The maximum absolute atomic E-state index is 11.8. The van der Waals surface area contributed by atoms with Crippen LogP contribution in [0.3, 0.4) is 0 Å². The van der Waals surface area contributed by atoms with Crippen molar-refractivity contribution in [3.8, 4) is 0 Å². The second-order valence-corrected chi connectivity index (χ2v) is 5.52. The van der Waals surface area contributed by atoms with E-state index in [1.165, 1.54) is 10.4 Å². The summed E-state index contributed by atoms with van der Waals surface area (Å²) in [5.74, 6) is -0.0489. The van der Waals surface area contributed by atoms with Gasteiger partial charge in [-0.1, -0.05) is 12.1 Å². The maximum Gasteiger partial charge on any atom is 0.239 e. The number of hydrogen-bond acceptors (Lipinski definition) is 4. The summed E-state index contributed by atoms with van der Waals surface area (Å²) >= 11 is 1.65. The lowest BCUT2D eigenvalue weighted by Gasteiger charge is -2.08. The molecular weight excluding hydrogens is 272 g/mol. The molecule has 106 valence electrons. The third-order valence-corrected chi connectivity index (χ3v) is 4.00. The molecule has 1 aromatic carbocycles. The highest BCUT2D eigenvalue weighted by Gasteiger charge is 2.04. The number of benzene rings is 1. The molecule has 5 heteroatoms. The predicted octanol–water partition coefficient (Wildman–Crippen LogP) is 2.28. The molecule has 0 spiro atoms. The molecule has 1 amide bonds. The van der Waals surface area contributed by atoms with Gasteiger partial charge in [0.1, 0.15) is 0 Å². The average molecular weight is 290 g/mol. The summed E-state index contributed by atoms with van der Waals surface area (Å²) in [5.41, 5.74) is 2.86. The second-order valence-electron chi connectivity index (χ2n) is 4.52. The summed E-state index contributed by atoms with van der Waals surface area (Å²) in [5, 5.41) is 17.0. The molecule has 0 fully saturated rings. The van der Waals surface area contributed by atoms with E-state index < -0.39 is 0 Å². The van der Waals surface area contributed by atoms with Crippen LogP contribution in [0, 0.1) is 6.92 Å². The zero-order valence-electron chi connectivity index (χ0n) is 11.3. The van der Waals surface area contributed by atoms with E-state index in [0.29, 0.717) is 6.54 Å². The van der Waals surface area contributed by atoms with Crippen molar-refractivity contribution in [2.75, 3.05) is 11.9 Å². The lowest BCUT2D eigenvalue weighted by molar-refractivity contribution is -0.119. The maximum atomic E-state index is 11.8. The van der Waals surface area contributed by atoms with E-state index in [1.54, 1.807) is 11.3 Å². The molecule has 3 N–H and O–H groups in total. The first-order chi connectivity index (χ1) is 9.69. The number of hydrogen-bond donors (Lipinski definition) is 3. The number of aryl methyl sites for hydroxylation is 1. The Kier molecular flexibility index (Phi) is 5.15. The van der Waals surface area contributed by atoms with E-state index in [1.807, 2.05) is 42.6 Å². The van der Waals surface area contributed by atoms with Gasteiger partial charge in [0.25, 0.3) is 0 Å². The topological polar surface area (TPSA) is 61.4 Å². The fourth-order valence-electron chi connectivity index (χ4n) is 1.79. The molecule has 0 saturated heterocycles. The highest BCUT2D eigenvalue weighted by atomic mass is 32.1. The van der Waals surface area contributed by atoms with Crippen LogP contribution in [0.4, 0.5) is 5.69 Å². The van der Waals surface area contributed by atoms with Crippen LogP contribution in [-0.2, 0) is 17.9 Å². The van der Waals surface area contributed by atoms with E-state index in [2.05, 4.69) is 10.6 Å². The molecule has 0 atom stereocenters. The first-order valence-corrected chi connectivity index (χ1v) is 7.30. The van der Waals surface area contributed by atoms with Crippen molar-refractivity contribution in [2.45, 2.75) is 20.1 Å².